The van der Waals surface area contributed by atoms with Crippen molar-refractivity contribution in [3.8, 4) is 0 Å². The van der Waals surface area contributed by atoms with E-state index in [9.17, 15) is 18.0 Å². The summed E-state index contributed by atoms with van der Waals surface area (Å²) < 4.78 is 38.2. The molecule has 1 aromatic rings. The van der Waals surface area contributed by atoms with Gasteiger partial charge in [0.05, 0.1) is 11.1 Å². The predicted octanol–water partition coefficient (Wildman–Crippen LogP) is 2.39. The number of hydrogen-bond acceptors (Lipinski definition) is 1. The van der Waals surface area contributed by atoms with Gasteiger partial charge in [-0.05, 0) is 0 Å². The summed E-state index contributed by atoms with van der Waals surface area (Å²) in [5.41, 5.74) is -1.89. The van der Waals surface area contributed by atoms with Crippen LogP contribution in [0.5, 0.6) is 0 Å². The molecule has 15 heavy (non-hydrogen) atoms. The van der Waals surface area contributed by atoms with Crippen LogP contribution in [0.1, 0.15) is 15.9 Å². The Morgan fingerprint density at radius 2 is 2.13 bits per heavy atom. The van der Waals surface area contributed by atoms with Crippen molar-refractivity contribution in [1.29, 1.82) is 0 Å². The lowest BCUT2D eigenvalue weighted by Gasteiger charge is -2.04. The Hall–Kier alpha value is -1.72. The number of carboxylic acids is 1. The van der Waals surface area contributed by atoms with Gasteiger partial charge in [-0.15, -0.1) is 6.58 Å². The molecule has 6 heteroatoms. The summed E-state index contributed by atoms with van der Waals surface area (Å²) in [4.78, 5) is 10.5. The van der Waals surface area contributed by atoms with Gasteiger partial charge in [0.1, 0.15) is 0 Å². The van der Waals surface area contributed by atoms with Crippen molar-refractivity contribution in [3.05, 3.63) is 36.2 Å². The van der Waals surface area contributed by atoms with Crippen molar-refractivity contribution >= 4 is 5.97 Å². The van der Waals surface area contributed by atoms with Crippen LogP contribution in [-0.4, -0.2) is 15.6 Å². The Morgan fingerprint density at radius 1 is 1.53 bits per heavy atom. The molecule has 0 aliphatic heterocycles. The fourth-order valence-corrected chi connectivity index (χ4v) is 1.16. The normalized spacial score (nSPS) is 11.4. The number of rotatable bonds is 3. The maximum Gasteiger partial charge on any atom is 0.418 e. The zero-order valence-electron chi connectivity index (χ0n) is 7.58. The molecule has 0 saturated carbocycles. The number of carbonyl (C=O) groups is 1. The highest BCUT2D eigenvalue weighted by molar-refractivity contribution is 5.89. The number of halogens is 3. The molecule has 0 atom stereocenters. The summed E-state index contributed by atoms with van der Waals surface area (Å²) in [7, 11) is 0. The van der Waals surface area contributed by atoms with Gasteiger partial charge in [-0.2, -0.15) is 13.2 Å². The van der Waals surface area contributed by atoms with Gasteiger partial charge in [-0.3, -0.25) is 0 Å². The fraction of sp³-hybridized carbons (Fsp3) is 0.222. The van der Waals surface area contributed by atoms with Crippen molar-refractivity contribution < 1.29 is 23.1 Å². The maximum atomic E-state index is 12.4. The van der Waals surface area contributed by atoms with Gasteiger partial charge in [0.15, 0.2) is 0 Å². The third-order valence-electron chi connectivity index (χ3n) is 1.76. The molecular formula is C9H8F3NO2. The molecule has 0 amide bonds. The van der Waals surface area contributed by atoms with Crippen LogP contribution in [0.2, 0.25) is 0 Å². The third kappa shape index (κ3) is 2.39. The summed E-state index contributed by atoms with van der Waals surface area (Å²) in [5.74, 6) is -1.59. The Morgan fingerprint density at radius 3 is 2.47 bits per heavy atom. The zero-order valence-corrected chi connectivity index (χ0v) is 7.58. The highest BCUT2D eigenvalue weighted by atomic mass is 19.4. The number of nitrogens with zero attached hydrogens (tertiary/aromatic N) is 1. The van der Waals surface area contributed by atoms with Crippen LogP contribution in [-0.2, 0) is 12.7 Å². The zero-order chi connectivity index (χ0) is 11.6. The molecule has 0 fully saturated rings. The second kappa shape index (κ2) is 3.80. The van der Waals surface area contributed by atoms with E-state index in [4.69, 9.17) is 5.11 Å². The summed E-state index contributed by atoms with van der Waals surface area (Å²) in [6.45, 7) is 3.49. The number of allylic oxidation sites excluding steroid dienone is 1. The first-order valence-corrected chi connectivity index (χ1v) is 3.97. The molecule has 1 rings (SSSR count). The van der Waals surface area contributed by atoms with Gasteiger partial charge in [-0.1, -0.05) is 6.08 Å². The minimum Gasteiger partial charge on any atom is -0.478 e. The van der Waals surface area contributed by atoms with Gasteiger partial charge in [0, 0.05) is 18.9 Å². The first kappa shape index (κ1) is 11.4. The molecule has 3 nitrogen and oxygen atoms in total. The molecule has 0 aliphatic carbocycles. The molecule has 1 aromatic heterocycles. The van der Waals surface area contributed by atoms with Crippen LogP contribution < -0.4 is 0 Å². The Bertz CT molecular complexity index is 393. The van der Waals surface area contributed by atoms with E-state index in [0.717, 1.165) is 17.0 Å². The van der Waals surface area contributed by atoms with E-state index in [-0.39, 0.29) is 6.54 Å². The lowest BCUT2D eigenvalue weighted by atomic mass is 10.2. The average molecular weight is 219 g/mol. The van der Waals surface area contributed by atoms with Crippen LogP contribution in [0.3, 0.4) is 0 Å². The van der Waals surface area contributed by atoms with E-state index >= 15 is 0 Å². The second-order valence-electron chi connectivity index (χ2n) is 2.87. The Labute approximate surface area is 83.4 Å². The summed E-state index contributed by atoms with van der Waals surface area (Å²) in [5, 5.41) is 8.57. The highest BCUT2D eigenvalue weighted by Crippen LogP contribution is 2.32. The van der Waals surface area contributed by atoms with Crippen LogP contribution in [0.25, 0.3) is 0 Å². The molecule has 0 saturated heterocycles. The van der Waals surface area contributed by atoms with Gasteiger partial charge < -0.3 is 9.67 Å². The maximum absolute atomic E-state index is 12.4. The van der Waals surface area contributed by atoms with Crippen LogP contribution in [0.15, 0.2) is 25.0 Å². The number of carboxylic acid groups (broad SMARTS) is 1. The fourth-order valence-electron chi connectivity index (χ4n) is 1.16. The molecular weight excluding hydrogens is 211 g/mol. The molecule has 0 radical (unpaired) electrons. The summed E-state index contributed by atoms with van der Waals surface area (Å²) >= 11 is 0. The van der Waals surface area contributed by atoms with Crippen LogP contribution in [0.4, 0.5) is 13.2 Å². The molecule has 82 valence electrons. The minimum absolute atomic E-state index is 0.135. The molecule has 0 spiro atoms. The van der Waals surface area contributed by atoms with Crippen LogP contribution >= 0.6 is 0 Å². The Kier molecular flexibility index (Phi) is 2.88. The molecule has 0 bridgehead atoms. The van der Waals surface area contributed by atoms with Gasteiger partial charge in [-0.25, -0.2) is 4.79 Å². The molecule has 1 N–H and O–H groups in total. The standard InChI is InChI=1S/C9H8F3NO2/c1-2-3-13-4-6(8(14)15)7(5-13)9(10,11)12/h2,4-5H,1,3H2,(H,14,15). The number of aromatic nitrogens is 1. The lowest BCUT2D eigenvalue weighted by molar-refractivity contribution is -0.138. The Balaban J connectivity index is 3.23. The van der Waals surface area contributed by atoms with Crippen molar-refractivity contribution in [1.82, 2.24) is 4.57 Å². The van der Waals surface area contributed by atoms with Gasteiger partial charge in [0.25, 0.3) is 0 Å². The van der Waals surface area contributed by atoms with E-state index in [1.54, 1.807) is 0 Å². The second-order valence-corrected chi connectivity index (χ2v) is 2.87. The molecule has 0 aliphatic rings. The third-order valence-corrected chi connectivity index (χ3v) is 1.76. The monoisotopic (exact) mass is 219 g/mol. The van der Waals surface area contributed by atoms with E-state index in [0.29, 0.717) is 0 Å². The van der Waals surface area contributed by atoms with E-state index < -0.39 is 23.3 Å². The lowest BCUT2D eigenvalue weighted by Crippen LogP contribution is -2.09. The molecule has 0 aromatic carbocycles. The average Bonchev–Trinajstić information content (AvgIpc) is 2.48. The van der Waals surface area contributed by atoms with E-state index in [1.165, 1.54) is 6.08 Å². The number of alkyl halides is 3. The summed E-state index contributed by atoms with van der Waals surface area (Å²) in [6.07, 6.45) is -1.58. The largest absolute Gasteiger partial charge is 0.478 e. The van der Waals surface area contributed by atoms with Gasteiger partial charge >= 0.3 is 12.1 Å². The van der Waals surface area contributed by atoms with Gasteiger partial charge in [0.2, 0.25) is 0 Å². The molecule has 0 unspecified atom stereocenters. The number of hydrogen-bond donors (Lipinski definition) is 1. The van der Waals surface area contributed by atoms with Crippen molar-refractivity contribution in [2.24, 2.45) is 0 Å². The quantitative estimate of drug-likeness (QED) is 0.793. The van der Waals surface area contributed by atoms with E-state index in [2.05, 4.69) is 6.58 Å². The topological polar surface area (TPSA) is 42.2 Å². The first-order valence-electron chi connectivity index (χ1n) is 3.97. The predicted molar refractivity (Wildman–Crippen MR) is 46.6 cm³/mol. The first-order chi connectivity index (χ1) is 6.86. The molecule has 1 heterocycles. The summed E-state index contributed by atoms with van der Waals surface area (Å²) in [6, 6.07) is 0. The minimum atomic E-state index is -4.65. The van der Waals surface area contributed by atoms with Crippen LogP contribution in [0, 0.1) is 0 Å². The SMILES string of the molecule is C=CCn1cc(C(=O)O)c(C(F)(F)F)c1. The van der Waals surface area contributed by atoms with Crippen molar-refractivity contribution in [3.63, 3.8) is 0 Å². The smallest absolute Gasteiger partial charge is 0.418 e. The highest BCUT2D eigenvalue weighted by Gasteiger charge is 2.36. The van der Waals surface area contributed by atoms with Crippen molar-refractivity contribution in [2.45, 2.75) is 12.7 Å². The van der Waals surface area contributed by atoms with E-state index in [1.807, 2.05) is 0 Å². The van der Waals surface area contributed by atoms with Crippen molar-refractivity contribution in [2.75, 3.05) is 0 Å². The number of aromatic carboxylic acids is 1.